The lowest BCUT2D eigenvalue weighted by Crippen LogP contribution is -2.42. The lowest BCUT2D eigenvalue weighted by molar-refractivity contribution is 0.1000. The number of carbonyl (C=O) groups is 1. The van der Waals surface area contributed by atoms with Gasteiger partial charge in [0.1, 0.15) is 16.2 Å². The van der Waals surface area contributed by atoms with Crippen LogP contribution >= 0.6 is 11.3 Å². The summed E-state index contributed by atoms with van der Waals surface area (Å²) in [6.07, 6.45) is 5.92. The molecule has 3 N–H and O–H groups in total. The molecule has 3 aromatic rings. The molecule has 1 amide bonds. The normalized spacial score (nSPS) is 15.7. The Hall–Kier alpha value is -2.68. The number of thiazole rings is 1. The molecule has 0 atom stereocenters. The zero-order valence-corrected chi connectivity index (χ0v) is 14.0. The highest BCUT2D eigenvalue weighted by Crippen LogP contribution is 2.43. The van der Waals surface area contributed by atoms with Crippen molar-refractivity contribution in [2.24, 2.45) is 5.73 Å². The van der Waals surface area contributed by atoms with Gasteiger partial charge >= 0.3 is 0 Å². The van der Waals surface area contributed by atoms with Crippen LogP contribution in [-0.2, 0) is 5.41 Å². The minimum absolute atomic E-state index is 0.201. The van der Waals surface area contributed by atoms with Gasteiger partial charge in [0.05, 0.1) is 11.9 Å². The van der Waals surface area contributed by atoms with Gasteiger partial charge in [0, 0.05) is 18.2 Å². The van der Waals surface area contributed by atoms with Gasteiger partial charge in [-0.25, -0.2) is 19.3 Å². The van der Waals surface area contributed by atoms with Gasteiger partial charge in [-0.3, -0.25) is 9.78 Å². The predicted octanol–water partition coefficient (Wildman–Crippen LogP) is 2.25. The molecule has 0 aliphatic heterocycles. The summed E-state index contributed by atoms with van der Waals surface area (Å²) in [6.45, 7) is 0.494. The van der Waals surface area contributed by atoms with E-state index >= 15 is 0 Å². The number of carbonyl (C=O) groups excluding carboxylic acids is 1. The maximum absolute atomic E-state index is 14.1. The minimum atomic E-state index is -0.587. The van der Waals surface area contributed by atoms with Crippen LogP contribution in [0.2, 0.25) is 0 Å². The summed E-state index contributed by atoms with van der Waals surface area (Å²) in [5.41, 5.74) is 5.92. The van der Waals surface area contributed by atoms with Crippen molar-refractivity contribution in [3.63, 3.8) is 0 Å². The van der Waals surface area contributed by atoms with E-state index in [2.05, 4.69) is 25.3 Å². The predicted molar refractivity (Wildman–Crippen MR) is 91.9 cm³/mol. The van der Waals surface area contributed by atoms with E-state index in [0.717, 1.165) is 30.6 Å². The molecule has 128 valence electrons. The molecular formula is C16H15FN6OS. The van der Waals surface area contributed by atoms with Crippen molar-refractivity contribution in [1.82, 2.24) is 19.9 Å². The van der Waals surface area contributed by atoms with Crippen molar-refractivity contribution in [1.29, 1.82) is 0 Å². The highest BCUT2D eigenvalue weighted by molar-refractivity contribution is 7.19. The first-order valence-corrected chi connectivity index (χ1v) is 8.67. The summed E-state index contributed by atoms with van der Waals surface area (Å²) >= 11 is 1.12. The van der Waals surface area contributed by atoms with Crippen LogP contribution in [0, 0.1) is 5.82 Å². The van der Waals surface area contributed by atoms with E-state index in [-0.39, 0.29) is 16.2 Å². The Labute approximate surface area is 146 Å². The summed E-state index contributed by atoms with van der Waals surface area (Å²) in [5.74, 6) is -0.458. The first-order valence-electron chi connectivity index (χ1n) is 7.86. The number of aromatic nitrogens is 4. The van der Waals surface area contributed by atoms with Crippen LogP contribution in [0.15, 0.2) is 24.5 Å². The molecule has 0 unspecified atom stereocenters. The Balaban J connectivity index is 1.57. The zero-order chi connectivity index (χ0) is 17.4. The van der Waals surface area contributed by atoms with Crippen LogP contribution in [0.1, 0.15) is 34.8 Å². The second kappa shape index (κ2) is 5.99. The van der Waals surface area contributed by atoms with E-state index in [1.54, 1.807) is 18.5 Å². The second-order valence-corrected chi connectivity index (χ2v) is 7.07. The molecule has 4 rings (SSSR count). The van der Waals surface area contributed by atoms with Gasteiger partial charge in [-0.15, -0.1) is 0 Å². The molecular weight excluding hydrogens is 343 g/mol. The van der Waals surface area contributed by atoms with Crippen molar-refractivity contribution >= 4 is 33.5 Å². The van der Waals surface area contributed by atoms with Gasteiger partial charge in [-0.2, -0.15) is 0 Å². The van der Waals surface area contributed by atoms with Gasteiger partial charge in [0.25, 0.3) is 5.91 Å². The Kier molecular flexibility index (Phi) is 3.79. The number of rotatable bonds is 5. The number of pyridine rings is 1. The average Bonchev–Trinajstić information content (AvgIpc) is 2.99. The lowest BCUT2D eigenvalue weighted by atomic mass is 9.66. The van der Waals surface area contributed by atoms with Crippen LogP contribution in [0.3, 0.4) is 0 Å². The summed E-state index contributed by atoms with van der Waals surface area (Å²) in [6, 6.07) is 3.03. The molecule has 25 heavy (non-hydrogen) atoms. The zero-order valence-electron chi connectivity index (χ0n) is 13.2. The quantitative estimate of drug-likeness (QED) is 0.724. The number of nitrogens with zero attached hydrogens (tertiary/aromatic N) is 4. The molecule has 1 saturated carbocycles. The van der Waals surface area contributed by atoms with Crippen molar-refractivity contribution in [2.45, 2.75) is 24.7 Å². The molecule has 0 radical (unpaired) electrons. The monoisotopic (exact) mass is 358 g/mol. The Morgan fingerprint density at radius 3 is 2.88 bits per heavy atom. The fraction of sp³-hybridized carbons (Fsp3) is 0.312. The molecule has 9 heteroatoms. The summed E-state index contributed by atoms with van der Waals surface area (Å²) in [5, 5.41) is 3.38. The first kappa shape index (κ1) is 15.8. The average molecular weight is 358 g/mol. The Morgan fingerprint density at radius 2 is 2.20 bits per heavy atom. The van der Waals surface area contributed by atoms with Gasteiger partial charge in [0.15, 0.2) is 5.01 Å². The van der Waals surface area contributed by atoms with E-state index in [1.807, 2.05) is 0 Å². The third kappa shape index (κ3) is 2.80. The van der Waals surface area contributed by atoms with E-state index in [1.165, 1.54) is 6.07 Å². The molecule has 1 aliphatic carbocycles. The molecule has 0 spiro atoms. The topological polar surface area (TPSA) is 107 Å². The molecule has 0 bridgehead atoms. The van der Waals surface area contributed by atoms with Crippen LogP contribution in [0.5, 0.6) is 0 Å². The first-order chi connectivity index (χ1) is 12.1. The van der Waals surface area contributed by atoms with Crippen LogP contribution in [0.4, 0.5) is 10.3 Å². The minimum Gasteiger partial charge on any atom is -0.364 e. The number of fused-ring (bicyclic) bond motifs is 1. The molecule has 3 heterocycles. The number of nitrogens with one attached hydrogen (secondary N) is 1. The molecule has 1 aliphatic rings. The largest absolute Gasteiger partial charge is 0.364 e. The van der Waals surface area contributed by atoms with Crippen molar-refractivity contribution in [3.8, 4) is 0 Å². The summed E-state index contributed by atoms with van der Waals surface area (Å²) < 4.78 is 14.1. The third-order valence-corrected chi connectivity index (χ3v) is 5.50. The summed E-state index contributed by atoms with van der Waals surface area (Å²) in [7, 11) is 0. The van der Waals surface area contributed by atoms with E-state index in [9.17, 15) is 9.18 Å². The highest BCUT2D eigenvalue weighted by atomic mass is 32.1. The third-order valence-electron chi connectivity index (χ3n) is 4.52. The van der Waals surface area contributed by atoms with Crippen molar-refractivity contribution < 1.29 is 9.18 Å². The van der Waals surface area contributed by atoms with Gasteiger partial charge in [-0.05, 0) is 25.0 Å². The van der Waals surface area contributed by atoms with Crippen molar-refractivity contribution in [3.05, 3.63) is 41.0 Å². The Bertz CT molecular complexity index is 955. The maximum atomic E-state index is 14.1. The smallest absolute Gasteiger partial charge is 0.277 e. The second-order valence-electron chi connectivity index (χ2n) is 6.09. The number of primary amides is 1. The molecule has 0 aromatic carbocycles. The number of nitrogens with two attached hydrogens (primary N) is 1. The van der Waals surface area contributed by atoms with Gasteiger partial charge in [-0.1, -0.05) is 17.8 Å². The van der Waals surface area contributed by atoms with Gasteiger partial charge < -0.3 is 11.1 Å². The molecule has 1 fully saturated rings. The van der Waals surface area contributed by atoms with E-state index in [0.29, 0.717) is 28.5 Å². The maximum Gasteiger partial charge on any atom is 0.277 e. The molecule has 3 aromatic heterocycles. The number of hydrogen-bond donors (Lipinski definition) is 2. The number of amides is 1. The fourth-order valence-electron chi connectivity index (χ4n) is 3.05. The summed E-state index contributed by atoms with van der Waals surface area (Å²) in [4.78, 5) is 28.7. The Morgan fingerprint density at radius 1 is 1.36 bits per heavy atom. The fourth-order valence-corrected chi connectivity index (χ4v) is 3.81. The van der Waals surface area contributed by atoms with E-state index in [4.69, 9.17) is 5.73 Å². The number of anilines is 1. The standard InChI is InChI=1S/C16H15FN6OS/c17-9-3-1-6-19-11(9)16(4-2-5-16)8-21-15-20-7-10-13(23-15)25-14(22-10)12(18)24/h1,3,6-7H,2,4-5,8H2,(H2,18,24)(H,20,21,23). The van der Waals surface area contributed by atoms with Crippen LogP contribution in [-0.4, -0.2) is 32.4 Å². The molecule has 0 saturated heterocycles. The van der Waals surface area contributed by atoms with Crippen molar-refractivity contribution in [2.75, 3.05) is 11.9 Å². The lowest BCUT2D eigenvalue weighted by Gasteiger charge is -2.41. The van der Waals surface area contributed by atoms with E-state index < -0.39 is 5.91 Å². The van der Waals surface area contributed by atoms with Crippen LogP contribution in [0.25, 0.3) is 10.3 Å². The van der Waals surface area contributed by atoms with Gasteiger partial charge in [0.2, 0.25) is 5.95 Å². The molecule has 7 nitrogen and oxygen atoms in total. The number of hydrogen-bond acceptors (Lipinski definition) is 7. The SMILES string of the molecule is NC(=O)c1nc2cnc(NCC3(c4ncccc4F)CCC3)nc2s1. The highest BCUT2D eigenvalue weighted by Gasteiger charge is 2.41. The number of halogens is 1. The van der Waals surface area contributed by atoms with Crippen LogP contribution < -0.4 is 11.1 Å².